The quantitative estimate of drug-likeness (QED) is 0.888. The molecule has 0 radical (unpaired) electrons. The third kappa shape index (κ3) is 4.11. The highest BCUT2D eigenvalue weighted by molar-refractivity contribution is 7.10. The minimum Gasteiger partial charge on any atom is -0.379 e. The fourth-order valence-corrected chi connectivity index (χ4v) is 3.49. The van der Waals surface area contributed by atoms with Crippen LogP contribution in [0, 0.1) is 0 Å². The van der Waals surface area contributed by atoms with Gasteiger partial charge in [-0.1, -0.05) is 6.07 Å². The minimum atomic E-state index is 0.440. The lowest BCUT2D eigenvalue weighted by Crippen LogP contribution is -2.42. The summed E-state index contributed by atoms with van der Waals surface area (Å²) in [5, 5.41) is 5.74. The molecule has 2 aromatic rings. The van der Waals surface area contributed by atoms with E-state index in [0.717, 1.165) is 39.4 Å². The summed E-state index contributed by atoms with van der Waals surface area (Å²) in [6, 6.07) is 8.93. The number of hydrogen-bond acceptors (Lipinski definition) is 5. The third-order valence-electron chi connectivity index (χ3n) is 3.77. The van der Waals surface area contributed by atoms with Crippen LogP contribution < -0.4 is 5.32 Å². The van der Waals surface area contributed by atoms with Crippen molar-refractivity contribution in [1.82, 2.24) is 15.2 Å². The number of ether oxygens (including phenoxy) is 1. The largest absolute Gasteiger partial charge is 0.379 e. The van der Waals surface area contributed by atoms with E-state index in [1.54, 1.807) is 0 Å². The fraction of sp³-hybridized carbons (Fsp3) is 0.438. The summed E-state index contributed by atoms with van der Waals surface area (Å²) >= 11 is 1.84. The topological polar surface area (TPSA) is 37.4 Å². The zero-order valence-electron chi connectivity index (χ0n) is 12.1. The molecule has 21 heavy (non-hydrogen) atoms. The summed E-state index contributed by atoms with van der Waals surface area (Å²) in [5.41, 5.74) is 1.27. The second kappa shape index (κ2) is 7.66. The van der Waals surface area contributed by atoms with Gasteiger partial charge in [0.1, 0.15) is 0 Å². The van der Waals surface area contributed by atoms with Crippen molar-refractivity contribution < 1.29 is 4.74 Å². The van der Waals surface area contributed by atoms with Crippen LogP contribution in [0.4, 0.5) is 0 Å². The standard InChI is InChI=1S/C16H21N3OS/c1-2-16(21-11-1)15(19-7-9-20-10-8-19)13-18-12-14-3-5-17-6-4-14/h1-6,11,15,18H,7-10,12-13H2/t15-/m0/s1. The van der Waals surface area contributed by atoms with Gasteiger partial charge in [-0.05, 0) is 29.1 Å². The summed E-state index contributed by atoms with van der Waals surface area (Å²) in [4.78, 5) is 8.01. The van der Waals surface area contributed by atoms with Gasteiger partial charge in [-0.25, -0.2) is 0 Å². The number of aromatic nitrogens is 1. The normalized spacial score (nSPS) is 17.7. The molecule has 0 aliphatic carbocycles. The molecule has 1 N–H and O–H groups in total. The monoisotopic (exact) mass is 303 g/mol. The highest BCUT2D eigenvalue weighted by Crippen LogP contribution is 2.25. The van der Waals surface area contributed by atoms with Crippen LogP contribution in [0.15, 0.2) is 42.0 Å². The molecule has 0 unspecified atom stereocenters. The Morgan fingerprint density at radius 3 is 2.76 bits per heavy atom. The molecule has 0 spiro atoms. The predicted octanol–water partition coefficient (Wildman–Crippen LogP) is 2.31. The highest BCUT2D eigenvalue weighted by atomic mass is 32.1. The molecule has 3 heterocycles. The smallest absolute Gasteiger partial charge is 0.0594 e. The number of hydrogen-bond donors (Lipinski definition) is 1. The average Bonchev–Trinajstić information content (AvgIpc) is 3.07. The first kappa shape index (κ1) is 14.7. The molecule has 0 saturated carbocycles. The SMILES string of the molecule is c1csc([C@H](CNCc2ccncc2)N2CCOCC2)c1. The highest BCUT2D eigenvalue weighted by Gasteiger charge is 2.22. The summed E-state index contributed by atoms with van der Waals surface area (Å²) in [6.45, 7) is 5.55. The molecule has 112 valence electrons. The third-order valence-corrected chi connectivity index (χ3v) is 4.75. The van der Waals surface area contributed by atoms with Crippen LogP contribution in [0.5, 0.6) is 0 Å². The molecule has 4 nitrogen and oxygen atoms in total. The number of nitrogens with one attached hydrogen (secondary N) is 1. The van der Waals surface area contributed by atoms with E-state index in [4.69, 9.17) is 4.74 Å². The molecule has 5 heteroatoms. The lowest BCUT2D eigenvalue weighted by molar-refractivity contribution is 0.0168. The van der Waals surface area contributed by atoms with Crippen LogP contribution in [0.2, 0.25) is 0 Å². The van der Waals surface area contributed by atoms with Crippen LogP contribution in [-0.4, -0.2) is 42.7 Å². The maximum atomic E-state index is 5.48. The van der Waals surface area contributed by atoms with Crippen LogP contribution in [0.1, 0.15) is 16.5 Å². The van der Waals surface area contributed by atoms with Gasteiger partial charge in [-0.2, -0.15) is 0 Å². The Bertz CT molecular complexity index is 512. The Morgan fingerprint density at radius 1 is 1.24 bits per heavy atom. The van der Waals surface area contributed by atoms with E-state index in [1.807, 2.05) is 23.7 Å². The van der Waals surface area contributed by atoms with Crippen molar-refractivity contribution in [2.75, 3.05) is 32.8 Å². The first-order chi connectivity index (χ1) is 10.4. The van der Waals surface area contributed by atoms with E-state index in [1.165, 1.54) is 10.4 Å². The van der Waals surface area contributed by atoms with E-state index in [0.29, 0.717) is 6.04 Å². The molecule has 0 amide bonds. The van der Waals surface area contributed by atoms with E-state index in [2.05, 4.69) is 44.8 Å². The predicted molar refractivity (Wildman–Crippen MR) is 85.4 cm³/mol. The van der Waals surface area contributed by atoms with Crippen molar-refractivity contribution >= 4 is 11.3 Å². The first-order valence-corrected chi connectivity index (χ1v) is 8.26. The summed E-state index contributed by atoms with van der Waals surface area (Å²) in [7, 11) is 0. The van der Waals surface area contributed by atoms with Crippen molar-refractivity contribution in [3.63, 3.8) is 0 Å². The molecular formula is C16H21N3OS. The van der Waals surface area contributed by atoms with Crippen molar-refractivity contribution in [3.8, 4) is 0 Å². The molecule has 1 fully saturated rings. The van der Waals surface area contributed by atoms with E-state index in [9.17, 15) is 0 Å². The van der Waals surface area contributed by atoms with Crippen LogP contribution in [0.3, 0.4) is 0 Å². The molecule has 0 aromatic carbocycles. The number of rotatable bonds is 6. The van der Waals surface area contributed by atoms with Gasteiger partial charge >= 0.3 is 0 Å². The molecule has 1 aliphatic rings. The van der Waals surface area contributed by atoms with Gasteiger partial charge in [-0.3, -0.25) is 9.88 Å². The summed E-state index contributed by atoms with van der Waals surface area (Å²) in [5.74, 6) is 0. The Labute approximate surface area is 129 Å². The second-order valence-electron chi connectivity index (χ2n) is 5.17. The molecule has 0 bridgehead atoms. The van der Waals surface area contributed by atoms with Gasteiger partial charge in [0, 0.05) is 43.4 Å². The first-order valence-electron chi connectivity index (χ1n) is 7.38. The van der Waals surface area contributed by atoms with E-state index < -0.39 is 0 Å². The Hall–Kier alpha value is -1.27. The van der Waals surface area contributed by atoms with Crippen LogP contribution in [0.25, 0.3) is 0 Å². The van der Waals surface area contributed by atoms with Crippen molar-refractivity contribution in [2.24, 2.45) is 0 Å². The minimum absolute atomic E-state index is 0.440. The van der Waals surface area contributed by atoms with Gasteiger partial charge < -0.3 is 10.1 Å². The lowest BCUT2D eigenvalue weighted by Gasteiger charge is -2.34. The second-order valence-corrected chi connectivity index (χ2v) is 6.15. The van der Waals surface area contributed by atoms with Crippen LogP contribution in [-0.2, 0) is 11.3 Å². The Balaban J connectivity index is 1.59. The Morgan fingerprint density at radius 2 is 2.05 bits per heavy atom. The molecule has 3 rings (SSSR count). The number of thiophene rings is 1. The van der Waals surface area contributed by atoms with Crippen LogP contribution >= 0.6 is 11.3 Å². The van der Waals surface area contributed by atoms with E-state index in [-0.39, 0.29) is 0 Å². The zero-order valence-corrected chi connectivity index (χ0v) is 12.9. The molecule has 2 aromatic heterocycles. The molecule has 1 atom stereocenters. The Kier molecular flexibility index (Phi) is 5.34. The maximum Gasteiger partial charge on any atom is 0.0594 e. The van der Waals surface area contributed by atoms with Crippen molar-refractivity contribution in [1.29, 1.82) is 0 Å². The van der Waals surface area contributed by atoms with Gasteiger partial charge in [0.15, 0.2) is 0 Å². The zero-order chi connectivity index (χ0) is 14.3. The van der Waals surface area contributed by atoms with Gasteiger partial charge in [0.05, 0.1) is 19.3 Å². The van der Waals surface area contributed by atoms with Gasteiger partial charge in [0.25, 0.3) is 0 Å². The van der Waals surface area contributed by atoms with E-state index >= 15 is 0 Å². The van der Waals surface area contributed by atoms with Crippen molar-refractivity contribution in [2.45, 2.75) is 12.6 Å². The number of nitrogens with zero attached hydrogens (tertiary/aromatic N) is 2. The number of morpholine rings is 1. The fourth-order valence-electron chi connectivity index (χ4n) is 2.63. The van der Waals surface area contributed by atoms with Gasteiger partial charge in [0.2, 0.25) is 0 Å². The molecule has 1 aliphatic heterocycles. The summed E-state index contributed by atoms with van der Waals surface area (Å²) < 4.78 is 5.48. The average molecular weight is 303 g/mol. The molecular weight excluding hydrogens is 282 g/mol. The van der Waals surface area contributed by atoms with Gasteiger partial charge in [-0.15, -0.1) is 11.3 Å². The van der Waals surface area contributed by atoms with Crippen molar-refractivity contribution in [3.05, 3.63) is 52.5 Å². The molecule has 1 saturated heterocycles. The lowest BCUT2D eigenvalue weighted by atomic mass is 10.1. The maximum absolute atomic E-state index is 5.48. The number of pyridine rings is 1. The summed E-state index contributed by atoms with van der Waals surface area (Å²) in [6.07, 6.45) is 3.69.